The number of methoxy groups -OCH3 is 1. The number of carbonyl (C=O) groups is 1. The summed E-state index contributed by atoms with van der Waals surface area (Å²) in [5.41, 5.74) is 0. The zero-order valence-corrected chi connectivity index (χ0v) is 19.8. The van der Waals surface area contributed by atoms with Crippen molar-refractivity contribution in [2.45, 2.75) is 71.1 Å². The van der Waals surface area contributed by atoms with Gasteiger partial charge in [-0.25, -0.2) is 0 Å². The van der Waals surface area contributed by atoms with Crippen LogP contribution in [0.3, 0.4) is 0 Å². The van der Waals surface area contributed by atoms with Gasteiger partial charge in [-0.2, -0.15) is 0 Å². The predicted molar refractivity (Wildman–Crippen MR) is 127 cm³/mol. The van der Waals surface area contributed by atoms with Crippen molar-refractivity contribution in [1.29, 1.82) is 0 Å². The van der Waals surface area contributed by atoms with E-state index in [1.54, 1.807) is 0 Å². The first kappa shape index (κ1) is 31.7. The van der Waals surface area contributed by atoms with Gasteiger partial charge in [-0.05, 0) is 38.5 Å². The Balaban J connectivity index is 0. The van der Waals surface area contributed by atoms with Crippen LogP contribution < -0.4 is 0 Å². The summed E-state index contributed by atoms with van der Waals surface area (Å²) in [5, 5.41) is 16.5. The zero-order valence-electron chi connectivity index (χ0n) is 19.8. The molecule has 0 unspecified atom stereocenters. The van der Waals surface area contributed by atoms with E-state index in [1.165, 1.54) is 32.8 Å². The number of hydrogen-bond acceptors (Lipinski definition) is 6. The monoisotopic (exact) mass is 442 g/mol. The maximum absolute atomic E-state index is 10.9. The Morgan fingerprint density at radius 3 is 1.77 bits per heavy atom. The third kappa shape index (κ3) is 33.4. The Hall–Kier alpha value is -1.47. The van der Waals surface area contributed by atoms with E-state index in [-0.39, 0.29) is 19.2 Å². The number of rotatable bonds is 20. The van der Waals surface area contributed by atoms with E-state index < -0.39 is 0 Å². The SMILES string of the molecule is CC/C=C\C/C=C\C/C=C\CCCCCCCC(=O)OC.OCCOCCOCCO. The van der Waals surface area contributed by atoms with Crippen LogP contribution in [0.2, 0.25) is 0 Å². The van der Waals surface area contributed by atoms with Crippen molar-refractivity contribution in [2.75, 3.05) is 46.8 Å². The number of aliphatic hydroxyl groups is 2. The number of unbranched alkanes of at least 4 members (excludes halogenated alkanes) is 5. The Morgan fingerprint density at radius 2 is 1.23 bits per heavy atom. The van der Waals surface area contributed by atoms with Crippen LogP contribution >= 0.6 is 0 Å². The van der Waals surface area contributed by atoms with Gasteiger partial charge in [0.15, 0.2) is 0 Å². The van der Waals surface area contributed by atoms with Gasteiger partial charge >= 0.3 is 5.97 Å². The second-order valence-electron chi connectivity index (χ2n) is 6.85. The van der Waals surface area contributed by atoms with Crippen LogP contribution in [0, 0.1) is 0 Å². The Morgan fingerprint density at radius 1 is 0.710 bits per heavy atom. The summed E-state index contributed by atoms with van der Waals surface area (Å²) in [6, 6.07) is 0. The second-order valence-corrected chi connectivity index (χ2v) is 6.85. The highest BCUT2D eigenvalue weighted by Crippen LogP contribution is 2.08. The third-order valence-corrected chi connectivity index (χ3v) is 4.10. The number of aliphatic hydroxyl groups excluding tert-OH is 2. The molecule has 0 saturated carbocycles. The van der Waals surface area contributed by atoms with Crippen molar-refractivity contribution in [2.24, 2.45) is 0 Å². The van der Waals surface area contributed by atoms with Crippen LogP contribution in [0.5, 0.6) is 0 Å². The molecule has 0 aromatic heterocycles. The van der Waals surface area contributed by atoms with Gasteiger partial charge in [-0.15, -0.1) is 0 Å². The molecular weight excluding hydrogens is 396 g/mol. The highest BCUT2D eigenvalue weighted by atomic mass is 16.5. The molecule has 0 fully saturated rings. The lowest BCUT2D eigenvalue weighted by Gasteiger charge is -2.01. The maximum Gasteiger partial charge on any atom is 0.305 e. The summed E-state index contributed by atoms with van der Waals surface area (Å²) < 4.78 is 14.4. The predicted octanol–water partition coefficient (Wildman–Crippen LogP) is 4.75. The molecule has 0 atom stereocenters. The fourth-order valence-electron chi connectivity index (χ4n) is 2.44. The fourth-order valence-corrected chi connectivity index (χ4v) is 2.44. The molecule has 0 aliphatic carbocycles. The third-order valence-electron chi connectivity index (χ3n) is 4.10. The second kappa shape index (κ2) is 30.7. The van der Waals surface area contributed by atoms with E-state index in [0.29, 0.717) is 32.8 Å². The van der Waals surface area contributed by atoms with Gasteiger partial charge in [0.25, 0.3) is 0 Å². The summed E-state index contributed by atoms with van der Waals surface area (Å²) in [5.74, 6) is -0.0869. The molecule has 0 aliphatic heterocycles. The summed E-state index contributed by atoms with van der Waals surface area (Å²) in [7, 11) is 1.45. The average Bonchev–Trinajstić information content (AvgIpc) is 2.79. The molecule has 0 bridgehead atoms. The molecule has 0 heterocycles. The lowest BCUT2D eigenvalue weighted by Crippen LogP contribution is -2.09. The van der Waals surface area contributed by atoms with E-state index in [4.69, 9.17) is 19.7 Å². The van der Waals surface area contributed by atoms with Crippen LogP contribution in [0.15, 0.2) is 36.5 Å². The van der Waals surface area contributed by atoms with Gasteiger partial charge in [0.2, 0.25) is 0 Å². The molecule has 0 amide bonds. The first-order chi connectivity index (χ1) is 15.2. The van der Waals surface area contributed by atoms with Gasteiger partial charge in [-0.1, -0.05) is 62.6 Å². The highest BCUT2D eigenvalue weighted by Gasteiger charge is 1.98. The molecule has 6 nitrogen and oxygen atoms in total. The van der Waals surface area contributed by atoms with E-state index in [9.17, 15) is 4.79 Å². The first-order valence-corrected chi connectivity index (χ1v) is 11.6. The van der Waals surface area contributed by atoms with Crippen molar-refractivity contribution in [3.63, 3.8) is 0 Å². The topological polar surface area (TPSA) is 85.2 Å². The molecule has 31 heavy (non-hydrogen) atoms. The molecule has 6 heteroatoms. The molecule has 0 radical (unpaired) electrons. The summed E-state index contributed by atoms with van der Waals surface area (Å²) in [6.45, 7) is 3.88. The van der Waals surface area contributed by atoms with Gasteiger partial charge < -0.3 is 24.4 Å². The van der Waals surface area contributed by atoms with Crippen molar-refractivity contribution < 1.29 is 29.2 Å². The Kier molecular flexibility index (Phi) is 31.4. The number of carbonyl (C=O) groups excluding carboxylic acids is 1. The van der Waals surface area contributed by atoms with Crippen LogP contribution in [-0.2, 0) is 19.0 Å². The van der Waals surface area contributed by atoms with Gasteiger partial charge in [0.1, 0.15) is 0 Å². The minimum Gasteiger partial charge on any atom is -0.469 e. The number of esters is 1. The van der Waals surface area contributed by atoms with E-state index in [1.807, 2.05) is 0 Å². The average molecular weight is 443 g/mol. The normalized spacial score (nSPS) is 11.4. The minimum absolute atomic E-state index is 0.0417. The number of hydrogen-bond donors (Lipinski definition) is 2. The van der Waals surface area contributed by atoms with Crippen LogP contribution in [-0.4, -0.2) is 62.9 Å². The quantitative estimate of drug-likeness (QED) is 0.161. The van der Waals surface area contributed by atoms with Crippen molar-refractivity contribution in [1.82, 2.24) is 0 Å². The fraction of sp³-hybridized carbons (Fsp3) is 0.720. The van der Waals surface area contributed by atoms with E-state index >= 15 is 0 Å². The first-order valence-electron chi connectivity index (χ1n) is 11.6. The van der Waals surface area contributed by atoms with Crippen molar-refractivity contribution in [3.05, 3.63) is 36.5 Å². The number of ether oxygens (including phenoxy) is 3. The molecular formula is C25H46O6. The minimum atomic E-state index is -0.0869. The van der Waals surface area contributed by atoms with Crippen molar-refractivity contribution in [3.8, 4) is 0 Å². The molecule has 0 saturated heterocycles. The van der Waals surface area contributed by atoms with E-state index in [2.05, 4.69) is 48.1 Å². The Bertz CT molecular complexity index is 424. The highest BCUT2D eigenvalue weighted by molar-refractivity contribution is 5.68. The zero-order chi connectivity index (χ0) is 23.3. The van der Waals surface area contributed by atoms with Crippen LogP contribution in [0.4, 0.5) is 0 Å². The lowest BCUT2D eigenvalue weighted by molar-refractivity contribution is -0.140. The van der Waals surface area contributed by atoms with Gasteiger partial charge in [0.05, 0.1) is 46.8 Å². The molecule has 0 rings (SSSR count). The molecule has 2 N–H and O–H groups in total. The largest absolute Gasteiger partial charge is 0.469 e. The smallest absolute Gasteiger partial charge is 0.305 e. The summed E-state index contributed by atoms with van der Waals surface area (Å²) >= 11 is 0. The Labute approximate surface area is 190 Å². The molecule has 0 spiro atoms. The molecule has 0 aromatic rings. The van der Waals surface area contributed by atoms with Gasteiger partial charge in [-0.3, -0.25) is 4.79 Å². The number of allylic oxidation sites excluding steroid dienone is 6. The molecule has 0 aliphatic rings. The summed E-state index contributed by atoms with van der Waals surface area (Å²) in [4.78, 5) is 10.9. The molecule has 182 valence electrons. The van der Waals surface area contributed by atoms with E-state index in [0.717, 1.165) is 32.1 Å². The van der Waals surface area contributed by atoms with Crippen LogP contribution in [0.25, 0.3) is 0 Å². The standard InChI is InChI=1S/C19H32O2.C6H14O4/c1-3-4-5-6-7-8-9-10-11-12-13-14-15-16-17-18-19(20)21-2;7-1-3-9-5-6-10-4-2-8/h4-5,7-8,10-11H,3,6,9,12-18H2,1-2H3;7-8H,1-6H2/b5-4-,8-7-,11-10-;. The van der Waals surface area contributed by atoms with Crippen molar-refractivity contribution >= 4 is 5.97 Å². The van der Waals surface area contributed by atoms with Crippen LogP contribution in [0.1, 0.15) is 71.1 Å². The summed E-state index contributed by atoms with van der Waals surface area (Å²) in [6.07, 6.45) is 24.1. The lowest BCUT2D eigenvalue weighted by atomic mass is 10.1. The maximum atomic E-state index is 10.9. The van der Waals surface area contributed by atoms with Gasteiger partial charge in [0, 0.05) is 6.42 Å². The molecule has 0 aromatic carbocycles.